The number of hydrogen-bond donors (Lipinski definition) is 0. The standard InChI is InChI=1S/C14H13BrN2O/c1-10-5-3-6-11(9-10)14(17-18-2)12-7-4-8-13(15)16-12/h3-9H,1-2H3/b17-14-. The van der Waals surface area contributed by atoms with Gasteiger partial charge in [-0.2, -0.15) is 0 Å². The minimum absolute atomic E-state index is 0.725. The van der Waals surface area contributed by atoms with E-state index in [1.807, 2.05) is 43.3 Å². The first-order valence-electron chi connectivity index (χ1n) is 5.52. The van der Waals surface area contributed by atoms with Crippen LogP contribution in [0.3, 0.4) is 0 Å². The summed E-state index contributed by atoms with van der Waals surface area (Å²) in [6.45, 7) is 2.04. The summed E-state index contributed by atoms with van der Waals surface area (Å²) in [6, 6.07) is 13.8. The molecule has 0 spiro atoms. The zero-order valence-corrected chi connectivity index (χ0v) is 11.8. The van der Waals surface area contributed by atoms with Crippen LogP contribution in [0.1, 0.15) is 16.8 Å². The van der Waals surface area contributed by atoms with E-state index >= 15 is 0 Å². The first-order chi connectivity index (χ1) is 8.70. The van der Waals surface area contributed by atoms with E-state index in [1.165, 1.54) is 12.7 Å². The molecule has 1 aromatic heterocycles. The lowest BCUT2D eigenvalue weighted by Gasteiger charge is -2.06. The molecule has 0 aliphatic rings. The summed E-state index contributed by atoms with van der Waals surface area (Å²) >= 11 is 3.36. The van der Waals surface area contributed by atoms with Gasteiger partial charge in [-0.05, 0) is 41.1 Å². The zero-order valence-electron chi connectivity index (χ0n) is 10.2. The number of rotatable bonds is 3. The van der Waals surface area contributed by atoms with Gasteiger partial charge in [0.1, 0.15) is 17.4 Å². The molecule has 0 atom stereocenters. The number of aromatic nitrogens is 1. The summed E-state index contributed by atoms with van der Waals surface area (Å²) < 4.78 is 0.774. The average Bonchev–Trinajstić information content (AvgIpc) is 2.36. The molecule has 3 nitrogen and oxygen atoms in total. The SMILES string of the molecule is CO/N=C(/c1cccc(C)c1)c1cccc(Br)n1. The van der Waals surface area contributed by atoms with Crippen LogP contribution in [0, 0.1) is 6.92 Å². The molecule has 2 rings (SSSR count). The van der Waals surface area contributed by atoms with Gasteiger partial charge < -0.3 is 4.84 Å². The Balaban J connectivity index is 2.50. The number of pyridine rings is 1. The van der Waals surface area contributed by atoms with Crippen molar-refractivity contribution >= 4 is 21.6 Å². The molecular formula is C14H13BrN2O. The van der Waals surface area contributed by atoms with Gasteiger partial charge in [0.25, 0.3) is 0 Å². The number of nitrogens with zero attached hydrogens (tertiary/aromatic N) is 2. The van der Waals surface area contributed by atoms with Crippen LogP contribution in [0.5, 0.6) is 0 Å². The number of benzene rings is 1. The highest BCUT2D eigenvalue weighted by molar-refractivity contribution is 9.10. The summed E-state index contributed by atoms with van der Waals surface area (Å²) in [5.41, 5.74) is 3.66. The van der Waals surface area contributed by atoms with Gasteiger partial charge in [0.2, 0.25) is 0 Å². The highest BCUT2D eigenvalue weighted by Crippen LogP contribution is 2.14. The van der Waals surface area contributed by atoms with Crippen molar-refractivity contribution in [2.75, 3.05) is 7.11 Å². The summed E-state index contributed by atoms with van der Waals surface area (Å²) in [5.74, 6) is 0. The molecule has 0 amide bonds. The number of aryl methyl sites for hydroxylation is 1. The molecule has 18 heavy (non-hydrogen) atoms. The van der Waals surface area contributed by atoms with E-state index in [-0.39, 0.29) is 0 Å². The van der Waals surface area contributed by atoms with Crippen molar-refractivity contribution in [3.63, 3.8) is 0 Å². The highest BCUT2D eigenvalue weighted by atomic mass is 79.9. The summed E-state index contributed by atoms with van der Waals surface area (Å²) in [4.78, 5) is 9.33. The second-order valence-corrected chi connectivity index (χ2v) is 4.65. The van der Waals surface area contributed by atoms with Crippen molar-refractivity contribution in [1.82, 2.24) is 4.98 Å². The smallest absolute Gasteiger partial charge is 0.135 e. The van der Waals surface area contributed by atoms with Crippen molar-refractivity contribution in [1.29, 1.82) is 0 Å². The van der Waals surface area contributed by atoms with Gasteiger partial charge >= 0.3 is 0 Å². The largest absolute Gasteiger partial charge is 0.399 e. The van der Waals surface area contributed by atoms with Crippen molar-refractivity contribution < 1.29 is 4.84 Å². The van der Waals surface area contributed by atoms with Gasteiger partial charge in [0.05, 0.1) is 5.69 Å². The van der Waals surface area contributed by atoms with E-state index in [2.05, 4.69) is 32.1 Å². The first-order valence-corrected chi connectivity index (χ1v) is 6.31. The fourth-order valence-electron chi connectivity index (χ4n) is 1.67. The van der Waals surface area contributed by atoms with Gasteiger partial charge in [0, 0.05) is 5.56 Å². The molecule has 0 saturated carbocycles. The summed E-state index contributed by atoms with van der Waals surface area (Å²) in [6.07, 6.45) is 0. The Morgan fingerprint density at radius 1 is 1.22 bits per heavy atom. The minimum Gasteiger partial charge on any atom is -0.399 e. The molecule has 0 fully saturated rings. The molecule has 0 aliphatic carbocycles. The van der Waals surface area contributed by atoms with Crippen molar-refractivity contribution in [2.45, 2.75) is 6.92 Å². The van der Waals surface area contributed by atoms with Gasteiger partial charge in [-0.3, -0.25) is 0 Å². The van der Waals surface area contributed by atoms with E-state index < -0.39 is 0 Å². The fourth-order valence-corrected chi connectivity index (χ4v) is 2.01. The monoisotopic (exact) mass is 304 g/mol. The summed E-state index contributed by atoms with van der Waals surface area (Å²) in [5, 5.41) is 4.08. The minimum atomic E-state index is 0.725. The van der Waals surface area contributed by atoms with Crippen LogP contribution >= 0.6 is 15.9 Å². The Morgan fingerprint density at radius 3 is 2.67 bits per heavy atom. The lowest BCUT2D eigenvalue weighted by Crippen LogP contribution is -2.06. The van der Waals surface area contributed by atoms with Gasteiger partial charge in [-0.15, -0.1) is 0 Å². The van der Waals surface area contributed by atoms with Crippen LogP contribution in [0.15, 0.2) is 52.2 Å². The molecular weight excluding hydrogens is 292 g/mol. The van der Waals surface area contributed by atoms with Crippen LogP contribution < -0.4 is 0 Å². The van der Waals surface area contributed by atoms with E-state index in [9.17, 15) is 0 Å². The number of hydrogen-bond acceptors (Lipinski definition) is 3. The predicted molar refractivity (Wildman–Crippen MR) is 75.8 cm³/mol. The quantitative estimate of drug-likeness (QED) is 0.494. The third-order valence-electron chi connectivity index (χ3n) is 2.43. The Kier molecular flexibility index (Phi) is 4.10. The molecule has 1 aromatic carbocycles. The first kappa shape index (κ1) is 12.8. The Morgan fingerprint density at radius 2 is 2.00 bits per heavy atom. The maximum absolute atomic E-state index is 4.93. The second kappa shape index (κ2) is 5.78. The maximum atomic E-state index is 4.93. The average molecular weight is 305 g/mol. The predicted octanol–water partition coefficient (Wildman–Crippen LogP) is 3.55. The van der Waals surface area contributed by atoms with Crippen LogP contribution in [-0.4, -0.2) is 17.8 Å². The molecule has 0 aliphatic heterocycles. The van der Waals surface area contributed by atoms with E-state index in [0.29, 0.717) is 0 Å². The van der Waals surface area contributed by atoms with Crippen LogP contribution in [0.4, 0.5) is 0 Å². The third kappa shape index (κ3) is 2.96. The molecule has 0 N–H and O–H groups in total. The molecule has 2 aromatic rings. The molecule has 1 heterocycles. The highest BCUT2D eigenvalue weighted by Gasteiger charge is 2.10. The molecule has 92 valence electrons. The molecule has 0 unspecified atom stereocenters. The Labute approximate surface area is 115 Å². The van der Waals surface area contributed by atoms with Crippen molar-refractivity contribution in [3.05, 3.63) is 63.9 Å². The van der Waals surface area contributed by atoms with Crippen LogP contribution in [-0.2, 0) is 4.84 Å². The van der Waals surface area contributed by atoms with E-state index in [0.717, 1.165) is 21.6 Å². The zero-order chi connectivity index (χ0) is 13.0. The van der Waals surface area contributed by atoms with Crippen LogP contribution in [0.25, 0.3) is 0 Å². The molecule has 0 bridgehead atoms. The molecule has 0 radical (unpaired) electrons. The van der Waals surface area contributed by atoms with Crippen molar-refractivity contribution in [3.8, 4) is 0 Å². The Hall–Kier alpha value is -1.68. The van der Waals surface area contributed by atoms with E-state index in [4.69, 9.17) is 4.84 Å². The fraction of sp³-hybridized carbons (Fsp3) is 0.143. The molecule has 0 saturated heterocycles. The summed E-state index contributed by atoms with van der Waals surface area (Å²) in [7, 11) is 1.54. The lowest BCUT2D eigenvalue weighted by atomic mass is 10.0. The number of halogens is 1. The maximum Gasteiger partial charge on any atom is 0.135 e. The topological polar surface area (TPSA) is 34.5 Å². The van der Waals surface area contributed by atoms with Gasteiger partial charge in [0.15, 0.2) is 0 Å². The second-order valence-electron chi connectivity index (χ2n) is 3.84. The molecule has 4 heteroatoms. The third-order valence-corrected chi connectivity index (χ3v) is 2.87. The lowest BCUT2D eigenvalue weighted by molar-refractivity contribution is 0.214. The van der Waals surface area contributed by atoms with Gasteiger partial charge in [-0.1, -0.05) is 35.0 Å². The van der Waals surface area contributed by atoms with Crippen molar-refractivity contribution in [2.24, 2.45) is 5.16 Å². The van der Waals surface area contributed by atoms with E-state index in [1.54, 1.807) is 0 Å². The van der Waals surface area contributed by atoms with Gasteiger partial charge in [-0.25, -0.2) is 4.98 Å². The number of oxime groups is 1. The Bertz CT molecular complexity index is 534. The normalized spacial score (nSPS) is 11.4. The van der Waals surface area contributed by atoms with Crippen LogP contribution in [0.2, 0.25) is 0 Å².